The Morgan fingerprint density at radius 3 is 2.27 bits per heavy atom. The molecule has 1 saturated heterocycles. The van der Waals surface area contributed by atoms with Gasteiger partial charge < -0.3 is 9.64 Å². The van der Waals surface area contributed by atoms with Crippen LogP contribution >= 0.6 is 0 Å². The summed E-state index contributed by atoms with van der Waals surface area (Å²) in [6.07, 6.45) is 1.31. The first kappa shape index (κ1) is 17.1. The highest BCUT2D eigenvalue weighted by Crippen LogP contribution is 2.31. The topological polar surface area (TPSA) is 15.7 Å². The molecule has 0 amide bonds. The third-order valence-electron chi connectivity index (χ3n) is 4.60. The van der Waals surface area contributed by atoms with Crippen molar-refractivity contribution in [2.24, 2.45) is 5.92 Å². The number of piperazine rings is 1. The molecule has 3 nitrogen and oxygen atoms in total. The number of nitrogens with zero attached hydrogens (tertiary/aromatic N) is 2. The van der Waals surface area contributed by atoms with E-state index in [9.17, 15) is 0 Å². The van der Waals surface area contributed by atoms with Gasteiger partial charge in [-0.15, -0.1) is 0 Å². The van der Waals surface area contributed by atoms with Gasteiger partial charge in [0.1, 0.15) is 5.75 Å². The summed E-state index contributed by atoms with van der Waals surface area (Å²) in [4.78, 5) is 5.11. The standard InChI is InChI=1S/C19H32N2O/c1-15(2)8-9-20-10-12-21(13-11-20)17-6-7-19(22-5)18(14-17)16(3)4/h6-7,14-16H,8-13H2,1-5H3. The van der Waals surface area contributed by atoms with E-state index in [4.69, 9.17) is 4.74 Å². The fourth-order valence-corrected chi connectivity index (χ4v) is 3.04. The van der Waals surface area contributed by atoms with Crippen LogP contribution in [0.25, 0.3) is 0 Å². The summed E-state index contributed by atoms with van der Waals surface area (Å²) in [6, 6.07) is 6.64. The van der Waals surface area contributed by atoms with Crippen molar-refractivity contribution in [3.05, 3.63) is 23.8 Å². The fraction of sp³-hybridized carbons (Fsp3) is 0.684. The van der Waals surface area contributed by atoms with E-state index in [0.29, 0.717) is 5.92 Å². The second kappa shape index (κ2) is 7.87. The van der Waals surface area contributed by atoms with Crippen LogP contribution in [-0.4, -0.2) is 44.7 Å². The summed E-state index contributed by atoms with van der Waals surface area (Å²) in [5, 5.41) is 0. The summed E-state index contributed by atoms with van der Waals surface area (Å²) in [6.45, 7) is 14.9. The van der Waals surface area contributed by atoms with Crippen LogP contribution in [0.1, 0.15) is 45.6 Å². The Hall–Kier alpha value is -1.22. The van der Waals surface area contributed by atoms with Crippen LogP contribution in [0.2, 0.25) is 0 Å². The Kier molecular flexibility index (Phi) is 6.13. The number of hydrogen-bond acceptors (Lipinski definition) is 3. The van der Waals surface area contributed by atoms with Gasteiger partial charge in [0.05, 0.1) is 7.11 Å². The number of rotatable bonds is 6. The summed E-state index contributed by atoms with van der Waals surface area (Å²) < 4.78 is 5.49. The Morgan fingerprint density at radius 2 is 1.73 bits per heavy atom. The lowest BCUT2D eigenvalue weighted by atomic mass is 10.0. The average molecular weight is 304 g/mol. The monoisotopic (exact) mass is 304 g/mol. The van der Waals surface area contributed by atoms with Crippen molar-refractivity contribution in [3.63, 3.8) is 0 Å². The molecule has 1 aliphatic rings. The first-order valence-corrected chi connectivity index (χ1v) is 8.66. The average Bonchev–Trinajstić information content (AvgIpc) is 2.52. The molecule has 1 aliphatic heterocycles. The summed E-state index contributed by atoms with van der Waals surface area (Å²) in [5.74, 6) is 2.30. The highest BCUT2D eigenvalue weighted by molar-refractivity contribution is 5.54. The van der Waals surface area contributed by atoms with E-state index in [0.717, 1.165) is 24.8 Å². The molecule has 124 valence electrons. The van der Waals surface area contributed by atoms with Crippen LogP contribution in [0.15, 0.2) is 18.2 Å². The second-order valence-electron chi connectivity index (χ2n) is 7.09. The molecule has 0 unspecified atom stereocenters. The minimum atomic E-state index is 0.488. The van der Waals surface area contributed by atoms with Crippen LogP contribution in [0.3, 0.4) is 0 Å². The quantitative estimate of drug-likeness (QED) is 0.790. The molecule has 0 radical (unpaired) electrons. The van der Waals surface area contributed by atoms with Gasteiger partial charge in [0.15, 0.2) is 0 Å². The van der Waals surface area contributed by atoms with Gasteiger partial charge in [-0.2, -0.15) is 0 Å². The maximum atomic E-state index is 5.49. The molecule has 1 aromatic carbocycles. The Bertz CT molecular complexity index is 463. The highest BCUT2D eigenvalue weighted by Gasteiger charge is 2.18. The lowest BCUT2D eigenvalue weighted by molar-refractivity contribution is 0.243. The van der Waals surface area contributed by atoms with Crippen molar-refractivity contribution in [2.45, 2.75) is 40.0 Å². The third kappa shape index (κ3) is 4.39. The Labute approximate surface area is 136 Å². The summed E-state index contributed by atoms with van der Waals surface area (Å²) >= 11 is 0. The molecule has 0 saturated carbocycles. The van der Waals surface area contributed by atoms with Gasteiger partial charge in [0, 0.05) is 31.9 Å². The van der Waals surface area contributed by atoms with Gasteiger partial charge >= 0.3 is 0 Å². The Balaban J connectivity index is 1.98. The molecule has 0 spiro atoms. The van der Waals surface area contributed by atoms with E-state index in [2.05, 4.69) is 55.7 Å². The van der Waals surface area contributed by atoms with Crippen molar-refractivity contribution >= 4 is 5.69 Å². The van der Waals surface area contributed by atoms with E-state index in [1.54, 1.807) is 7.11 Å². The Morgan fingerprint density at radius 1 is 1.05 bits per heavy atom. The molecule has 1 fully saturated rings. The van der Waals surface area contributed by atoms with Crippen molar-refractivity contribution in [1.29, 1.82) is 0 Å². The zero-order valence-electron chi connectivity index (χ0n) is 14.9. The third-order valence-corrected chi connectivity index (χ3v) is 4.60. The van der Waals surface area contributed by atoms with Crippen LogP contribution < -0.4 is 9.64 Å². The van der Waals surface area contributed by atoms with Crippen molar-refractivity contribution in [1.82, 2.24) is 4.90 Å². The highest BCUT2D eigenvalue weighted by atomic mass is 16.5. The van der Waals surface area contributed by atoms with Gasteiger partial charge in [0.2, 0.25) is 0 Å². The van der Waals surface area contributed by atoms with Gasteiger partial charge in [0.25, 0.3) is 0 Å². The minimum Gasteiger partial charge on any atom is -0.496 e. The first-order valence-electron chi connectivity index (χ1n) is 8.66. The molecule has 0 aliphatic carbocycles. The maximum Gasteiger partial charge on any atom is 0.122 e. The normalized spacial score (nSPS) is 16.6. The van der Waals surface area contributed by atoms with Crippen molar-refractivity contribution in [2.75, 3.05) is 44.7 Å². The van der Waals surface area contributed by atoms with Crippen molar-refractivity contribution in [3.8, 4) is 5.75 Å². The van der Waals surface area contributed by atoms with E-state index in [-0.39, 0.29) is 0 Å². The molecule has 2 rings (SSSR count). The second-order valence-corrected chi connectivity index (χ2v) is 7.09. The van der Waals surface area contributed by atoms with E-state index < -0.39 is 0 Å². The maximum absolute atomic E-state index is 5.49. The zero-order valence-corrected chi connectivity index (χ0v) is 14.9. The molecule has 0 aromatic heterocycles. The summed E-state index contributed by atoms with van der Waals surface area (Å²) in [7, 11) is 1.76. The minimum absolute atomic E-state index is 0.488. The molecule has 1 heterocycles. The van der Waals surface area contributed by atoms with Crippen molar-refractivity contribution < 1.29 is 4.74 Å². The predicted octanol–water partition coefficient (Wildman–Crippen LogP) is 3.99. The summed E-state index contributed by atoms with van der Waals surface area (Å²) in [5.41, 5.74) is 2.65. The fourth-order valence-electron chi connectivity index (χ4n) is 3.04. The first-order chi connectivity index (χ1) is 10.5. The van der Waals surface area contributed by atoms with Crippen LogP contribution in [-0.2, 0) is 0 Å². The number of methoxy groups -OCH3 is 1. The molecule has 1 aromatic rings. The van der Waals surface area contributed by atoms with E-state index in [1.807, 2.05) is 0 Å². The largest absolute Gasteiger partial charge is 0.496 e. The van der Waals surface area contributed by atoms with E-state index in [1.165, 1.54) is 37.3 Å². The van der Waals surface area contributed by atoms with Gasteiger partial charge in [-0.1, -0.05) is 27.7 Å². The number of benzene rings is 1. The van der Waals surface area contributed by atoms with Gasteiger partial charge in [-0.3, -0.25) is 4.90 Å². The lowest BCUT2D eigenvalue weighted by Crippen LogP contribution is -2.46. The molecule has 22 heavy (non-hydrogen) atoms. The molecular formula is C19H32N2O. The molecular weight excluding hydrogens is 272 g/mol. The molecule has 0 N–H and O–H groups in total. The molecule has 0 atom stereocenters. The van der Waals surface area contributed by atoms with E-state index >= 15 is 0 Å². The van der Waals surface area contributed by atoms with Gasteiger partial charge in [-0.25, -0.2) is 0 Å². The lowest BCUT2D eigenvalue weighted by Gasteiger charge is -2.36. The number of hydrogen-bond donors (Lipinski definition) is 0. The van der Waals surface area contributed by atoms with Crippen LogP contribution in [0.4, 0.5) is 5.69 Å². The molecule has 0 bridgehead atoms. The van der Waals surface area contributed by atoms with Gasteiger partial charge in [-0.05, 0) is 48.6 Å². The van der Waals surface area contributed by atoms with Crippen LogP contribution in [0, 0.1) is 5.92 Å². The number of anilines is 1. The van der Waals surface area contributed by atoms with Crippen LogP contribution in [0.5, 0.6) is 5.75 Å². The number of ether oxygens (including phenoxy) is 1. The zero-order chi connectivity index (χ0) is 16.1. The smallest absolute Gasteiger partial charge is 0.122 e. The molecule has 3 heteroatoms. The SMILES string of the molecule is COc1ccc(N2CCN(CCC(C)C)CC2)cc1C(C)C. The predicted molar refractivity (Wildman–Crippen MR) is 95.2 cm³/mol.